The van der Waals surface area contributed by atoms with Crippen molar-refractivity contribution in [2.45, 2.75) is 31.4 Å². The highest BCUT2D eigenvalue weighted by Gasteiger charge is 2.45. The van der Waals surface area contributed by atoms with Gasteiger partial charge in [0.15, 0.2) is 5.65 Å². The van der Waals surface area contributed by atoms with Crippen molar-refractivity contribution in [1.82, 2.24) is 14.6 Å². The number of carboxylic acid groups (broad SMARTS) is 1. The number of fused-ring (bicyclic) bond motifs is 1. The molecule has 4 rings (SSSR count). The van der Waals surface area contributed by atoms with Crippen LogP contribution in [0.1, 0.15) is 36.6 Å². The molecule has 4 aromatic rings. The summed E-state index contributed by atoms with van der Waals surface area (Å²) in [7, 11) is 0. The maximum absolute atomic E-state index is 13.9. The van der Waals surface area contributed by atoms with Gasteiger partial charge in [0.25, 0.3) is 0 Å². The number of carboxylic acids is 1. The molecular weight excluding hydrogens is 474 g/mol. The van der Waals surface area contributed by atoms with Crippen molar-refractivity contribution in [1.29, 1.82) is 0 Å². The van der Waals surface area contributed by atoms with Crippen LogP contribution < -0.4 is 0 Å². The largest absolute Gasteiger partial charge is 0.481 e. The molecule has 2 atom stereocenters. The lowest BCUT2D eigenvalue weighted by atomic mass is 9.72. The van der Waals surface area contributed by atoms with E-state index in [1.807, 2.05) is 0 Å². The zero-order valence-corrected chi connectivity index (χ0v) is 18.7. The number of hydrogen-bond donors (Lipinski definition) is 1. The summed E-state index contributed by atoms with van der Waals surface area (Å²) in [6, 6.07) is 10.1. The van der Waals surface area contributed by atoms with Crippen molar-refractivity contribution in [2.24, 2.45) is 0 Å². The minimum atomic E-state index is -4.48. The topological polar surface area (TPSA) is 67.5 Å². The monoisotopic (exact) mass is 491 g/mol. The molecule has 5 nitrogen and oxygen atoms in total. The first-order valence-electron chi connectivity index (χ1n) is 10.1. The number of aliphatic carboxylic acids is 1. The Bertz CT molecular complexity index is 1390. The molecule has 2 aromatic heterocycles. The molecule has 0 aliphatic carbocycles. The van der Waals surface area contributed by atoms with Crippen molar-refractivity contribution in [2.75, 3.05) is 0 Å². The number of carbonyl (C=O) groups is 1. The first-order valence-corrected chi connectivity index (χ1v) is 10.5. The fourth-order valence-corrected chi connectivity index (χ4v) is 4.35. The van der Waals surface area contributed by atoms with Crippen molar-refractivity contribution in [3.05, 3.63) is 88.6 Å². The molecule has 10 heteroatoms. The third-order valence-corrected chi connectivity index (χ3v) is 6.43. The van der Waals surface area contributed by atoms with Gasteiger partial charge in [0, 0.05) is 17.7 Å². The second kappa shape index (κ2) is 8.39. The number of aromatic nitrogens is 3. The Morgan fingerprint density at radius 3 is 2.38 bits per heavy atom. The number of nitrogens with zero attached hydrogens (tertiary/aromatic N) is 3. The highest BCUT2D eigenvalue weighted by atomic mass is 35.5. The van der Waals surface area contributed by atoms with Gasteiger partial charge in [0.05, 0.1) is 22.5 Å². The predicted molar refractivity (Wildman–Crippen MR) is 118 cm³/mol. The molecule has 0 fully saturated rings. The summed E-state index contributed by atoms with van der Waals surface area (Å²) < 4.78 is 54.0. The minimum absolute atomic E-state index is 0.0303. The van der Waals surface area contributed by atoms with Gasteiger partial charge in [0.2, 0.25) is 0 Å². The molecule has 0 radical (unpaired) electrons. The molecule has 0 aliphatic heterocycles. The molecule has 0 amide bonds. The second-order valence-electron chi connectivity index (χ2n) is 8.11. The number of benzene rings is 2. The molecule has 1 unspecified atom stereocenters. The van der Waals surface area contributed by atoms with E-state index in [9.17, 15) is 27.5 Å². The molecule has 0 aliphatic rings. The lowest BCUT2D eigenvalue weighted by Gasteiger charge is -2.33. The Morgan fingerprint density at radius 1 is 1.12 bits per heavy atom. The molecule has 2 heterocycles. The molecule has 0 saturated carbocycles. The highest BCUT2D eigenvalue weighted by Crippen LogP contribution is 2.43. The quantitative estimate of drug-likeness (QED) is 0.330. The van der Waals surface area contributed by atoms with Gasteiger partial charge < -0.3 is 5.11 Å². The van der Waals surface area contributed by atoms with Crippen LogP contribution in [-0.4, -0.2) is 25.7 Å². The number of halogens is 5. The van der Waals surface area contributed by atoms with Gasteiger partial charge in [-0.1, -0.05) is 42.8 Å². The number of rotatable bonds is 5. The summed E-state index contributed by atoms with van der Waals surface area (Å²) in [4.78, 5) is 16.9. The van der Waals surface area contributed by atoms with Crippen LogP contribution in [0.4, 0.5) is 17.6 Å². The fraction of sp³-hybridized carbons (Fsp3) is 0.208. The van der Waals surface area contributed by atoms with E-state index in [0.29, 0.717) is 16.7 Å². The maximum Gasteiger partial charge on any atom is 0.416 e. The van der Waals surface area contributed by atoms with E-state index in [4.69, 9.17) is 11.6 Å². The van der Waals surface area contributed by atoms with E-state index in [1.165, 1.54) is 54.2 Å². The van der Waals surface area contributed by atoms with E-state index in [-0.39, 0.29) is 16.4 Å². The van der Waals surface area contributed by atoms with Crippen LogP contribution in [0.2, 0.25) is 5.02 Å². The highest BCUT2D eigenvalue weighted by molar-refractivity contribution is 6.31. The number of alkyl halides is 3. The van der Waals surface area contributed by atoms with E-state index in [2.05, 4.69) is 10.1 Å². The van der Waals surface area contributed by atoms with Gasteiger partial charge in [0.1, 0.15) is 11.2 Å². The van der Waals surface area contributed by atoms with Gasteiger partial charge in [-0.15, -0.1) is 0 Å². The van der Waals surface area contributed by atoms with Crippen LogP contribution in [-0.2, 0) is 16.4 Å². The fourth-order valence-electron chi connectivity index (χ4n) is 4.02. The first-order chi connectivity index (χ1) is 15.9. The zero-order chi connectivity index (χ0) is 24.8. The second-order valence-corrected chi connectivity index (χ2v) is 8.51. The van der Waals surface area contributed by atoms with E-state index >= 15 is 0 Å². The normalized spacial score (nSPS) is 14.7. The van der Waals surface area contributed by atoms with E-state index < -0.39 is 34.9 Å². The van der Waals surface area contributed by atoms with Gasteiger partial charge in [-0.05, 0) is 42.3 Å². The molecule has 176 valence electrons. The summed E-state index contributed by atoms with van der Waals surface area (Å²) in [5.74, 6) is -2.46. The van der Waals surface area contributed by atoms with Gasteiger partial charge in [-0.3, -0.25) is 4.79 Å². The third kappa shape index (κ3) is 3.90. The molecule has 0 spiro atoms. The lowest BCUT2D eigenvalue weighted by molar-refractivity contribution is -0.144. The van der Waals surface area contributed by atoms with Gasteiger partial charge >= 0.3 is 12.1 Å². The summed E-state index contributed by atoms with van der Waals surface area (Å²) in [5, 5.41) is 14.6. The summed E-state index contributed by atoms with van der Waals surface area (Å²) >= 11 is 6.43. The Morgan fingerprint density at radius 2 is 1.79 bits per heavy atom. The maximum atomic E-state index is 13.9. The van der Waals surface area contributed by atoms with Crippen molar-refractivity contribution >= 4 is 23.2 Å². The van der Waals surface area contributed by atoms with Crippen LogP contribution in [0.15, 0.2) is 60.9 Å². The minimum Gasteiger partial charge on any atom is -0.481 e. The van der Waals surface area contributed by atoms with Crippen LogP contribution >= 0.6 is 11.6 Å². The number of hydrogen-bond acceptors (Lipinski definition) is 3. The van der Waals surface area contributed by atoms with Crippen LogP contribution in [0.5, 0.6) is 0 Å². The van der Waals surface area contributed by atoms with Crippen molar-refractivity contribution in [3.63, 3.8) is 0 Å². The Kier molecular flexibility index (Phi) is 5.85. The predicted octanol–water partition coefficient (Wildman–Crippen LogP) is 6.35. The SMILES string of the molecule is CC(c1cccc(F)c1)[C@](C)(C(=O)O)c1c(Cl)cnc2c(-c3ccc(C(F)(F)F)cc3)cnn12. The van der Waals surface area contributed by atoms with Crippen molar-refractivity contribution in [3.8, 4) is 11.1 Å². The summed E-state index contributed by atoms with van der Waals surface area (Å²) in [6.07, 6.45) is -1.81. The van der Waals surface area contributed by atoms with Crippen LogP contribution in [0.3, 0.4) is 0 Å². The third-order valence-electron chi connectivity index (χ3n) is 6.16. The smallest absolute Gasteiger partial charge is 0.416 e. The average Bonchev–Trinajstić information content (AvgIpc) is 3.21. The average molecular weight is 492 g/mol. The van der Waals surface area contributed by atoms with E-state index in [1.54, 1.807) is 13.0 Å². The van der Waals surface area contributed by atoms with E-state index in [0.717, 1.165) is 12.1 Å². The van der Waals surface area contributed by atoms with Crippen molar-refractivity contribution < 1.29 is 27.5 Å². The Hall–Kier alpha value is -3.46. The summed E-state index contributed by atoms with van der Waals surface area (Å²) in [5.41, 5.74) is -0.862. The molecular formula is C24H18ClF4N3O2. The van der Waals surface area contributed by atoms with Gasteiger partial charge in [-0.25, -0.2) is 13.9 Å². The van der Waals surface area contributed by atoms with Crippen LogP contribution in [0, 0.1) is 5.82 Å². The molecule has 1 N–H and O–H groups in total. The first kappa shape index (κ1) is 23.7. The molecule has 2 aromatic carbocycles. The summed E-state index contributed by atoms with van der Waals surface area (Å²) in [6.45, 7) is 3.11. The Balaban J connectivity index is 1.89. The van der Waals surface area contributed by atoms with Gasteiger partial charge in [-0.2, -0.15) is 18.3 Å². The van der Waals surface area contributed by atoms with Crippen LogP contribution in [0.25, 0.3) is 16.8 Å². The zero-order valence-electron chi connectivity index (χ0n) is 17.9. The molecule has 0 bridgehead atoms. The standard InChI is InChI=1S/C24H18ClF4N3O2/c1-13(15-4-3-5-17(26)10-15)23(2,22(33)34)20-19(25)12-30-21-18(11-31-32(20)21)14-6-8-16(9-7-14)24(27,28)29/h3-13H,1-2H3,(H,33,34)/t13?,23-/m0/s1. The lowest BCUT2D eigenvalue weighted by Crippen LogP contribution is -2.40. The molecule has 0 saturated heterocycles. The Labute approximate surface area is 196 Å². The molecule has 34 heavy (non-hydrogen) atoms.